The molecule has 26 heavy (non-hydrogen) atoms. The van der Waals surface area contributed by atoms with Crippen molar-refractivity contribution in [2.24, 2.45) is 0 Å². The van der Waals surface area contributed by atoms with Gasteiger partial charge in [0.25, 0.3) is 0 Å². The number of rotatable bonds is 7. The van der Waals surface area contributed by atoms with Crippen molar-refractivity contribution in [2.45, 2.75) is 44.6 Å². The quantitative estimate of drug-likeness (QED) is 0.792. The zero-order valence-corrected chi connectivity index (χ0v) is 16.8. The fourth-order valence-corrected chi connectivity index (χ4v) is 3.92. The molecule has 1 saturated heterocycles. The molecule has 1 aromatic carbocycles. The first-order valence-corrected chi connectivity index (χ1v) is 10.6. The molecular weight excluding hydrogens is 348 g/mol. The van der Waals surface area contributed by atoms with E-state index in [2.05, 4.69) is 17.4 Å². The first kappa shape index (κ1) is 20.6. The Balaban J connectivity index is 2.10. The highest BCUT2D eigenvalue weighted by Gasteiger charge is 2.28. The molecule has 1 aliphatic rings. The van der Waals surface area contributed by atoms with Crippen LogP contribution in [0.3, 0.4) is 0 Å². The summed E-state index contributed by atoms with van der Waals surface area (Å²) in [6, 6.07) is 7.72. The molecule has 1 N–H and O–H groups in total. The molecule has 0 aliphatic carbocycles. The molecule has 0 radical (unpaired) electrons. The van der Waals surface area contributed by atoms with E-state index < -0.39 is 6.04 Å². The van der Waals surface area contributed by atoms with Crippen LogP contribution in [0.2, 0.25) is 0 Å². The minimum atomic E-state index is -0.422. The highest BCUT2D eigenvalue weighted by Crippen LogP contribution is 2.28. The average molecular weight is 379 g/mol. The molecular formula is C20H30N2O3S. The van der Waals surface area contributed by atoms with E-state index in [-0.39, 0.29) is 11.8 Å². The largest absolute Gasteiger partial charge is 0.497 e. The van der Waals surface area contributed by atoms with Crippen LogP contribution in [0.15, 0.2) is 24.3 Å². The lowest BCUT2D eigenvalue weighted by molar-refractivity contribution is -0.136. The molecule has 0 unspecified atom stereocenters. The second-order valence-corrected chi connectivity index (χ2v) is 7.77. The van der Waals surface area contributed by atoms with E-state index in [1.807, 2.05) is 23.3 Å². The van der Waals surface area contributed by atoms with Crippen molar-refractivity contribution in [3.8, 4) is 5.75 Å². The number of hydrogen-bond donors (Lipinski definition) is 1. The fourth-order valence-electron chi connectivity index (χ4n) is 3.45. The Hall–Kier alpha value is -1.69. The van der Waals surface area contributed by atoms with Crippen molar-refractivity contribution in [3.63, 3.8) is 0 Å². The normalized spacial score (nSPS) is 18.7. The van der Waals surface area contributed by atoms with Gasteiger partial charge >= 0.3 is 0 Å². The van der Waals surface area contributed by atoms with Crippen LogP contribution in [0.1, 0.15) is 44.1 Å². The van der Waals surface area contributed by atoms with Gasteiger partial charge in [0, 0.05) is 25.9 Å². The lowest BCUT2D eigenvalue weighted by Gasteiger charge is -2.29. The molecule has 1 fully saturated rings. The van der Waals surface area contributed by atoms with Gasteiger partial charge < -0.3 is 15.0 Å². The van der Waals surface area contributed by atoms with E-state index in [0.29, 0.717) is 18.9 Å². The summed E-state index contributed by atoms with van der Waals surface area (Å²) in [5, 5.41) is 2.84. The summed E-state index contributed by atoms with van der Waals surface area (Å²) < 4.78 is 5.24. The van der Waals surface area contributed by atoms with E-state index in [1.165, 1.54) is 12.5 Å². The van der Waals surface area contributed by atoms with Crippen molar-refractivity contribution >= 4 is 23.6 Å². The third-order valence-corrected chi connectivity index (χ3v) is 5.50. The van der Waals surface area contributed by atoms with Crippen molar-refractivity contribution in [3.05, 3.63) is 29.8 Å². The van der Waals surface area contributed by atoms with Crippen LogP contribution >= 0.6 is 11.8 Å². The van der Waals surface area contributed by atoms with Gasteiger partial charge in [0.05, 0.1) is 7.11 Å². The average Bonchev–Trinajstić information content (AvgIpc) is 2.90. The summed E-state index contributed by atoms with van der Waals surface area (Å²) in [6.45, 7) is 2.95. The second kappa shape index (κ2) is 10.5. The molecule has 1 aliphatic heterocycles. The van der Waals surface area contributed by atoms with Gasteiger partial charge in [0.1, 0.15) is 11.8 Å². The Morgan fingerprint density at radius 3 is 2.65 bits per heavy atom. The maximum Gasteiger partial charge on any atom is 0.245 e. The molecule has 6 heteroatoms. The summed E-state index contributed by atoms with van der Waals surface area (Å²) in [7, 11) is 1.66. The lowest BCUT2D eigenvalue weighted by Crippen LogP contribution is -2.49. The number of nitrogens with one attached hydrogen (secondary N) is 1. The zero-order chi connectivity index (χ0) is 18.9. The van der Waals surface area contributed by atoms with Crippen molar-refractivity contribution in [2.75, 3.05) is 32.2 Å². The molecule has 0 saturated carbocycles. The summed E-state index contributed by atoms with van der Waals surface area (Å²) in [4.78, 5) is 26.5. The van der Waals surface area contributed by atoms with Gasteiger partial charge in [-0.1, -0.05) is 18.6 Å². The van der Waals surface area contributed by atoms with E-state index in [9.17, 15) is 9.59 Å². The number of likely N-dealkylation sites (tertiary alicyclic amines) is 1. The molecule has 2 rings (SSSR count). The molecule has 2 atom stereocenters. The van der Waals surface area contributed by atoms with Gasteiger partial charge in [-0.25, -0.2) is 0 Å². The van der Waals surface area contributed by atoms with E-state index >= 15 is 0 Å². The molecule has 0 spiro atoms. The van der Waals surface area contributed by atoms with Crippen LogP contribution in [0.25, 0.3) is 0 Å². The minimum absolute atomic E-state index is 0.0506. The second-order valence-electron chi connectivity index (χ2n) is 6.78. The predicted octanol–water partition coefficient (Wildman–Crippen LogP) is 3.05. The monoisotopic (exact) mass is 378 g/mol. The standard InChI is InChI=1S/C20H30N2O3S/c1-15(23)21-19(11-13-26-3)20(24)22-12-5-4-6-17(14-22)16-7-9-18(25-2)10-8-16/h7-10,17,19H,4-6,11-14H2,1-3H3,(H,21,23)/t17-,19-/m1/s1. The van der Waals surface area contributed by atoms with Crippen molar-refractivity contribution in [1.29, 1.82) is 0 Å². The Kier molecular flexibility index (Phi) is 8.29. The van der Waals surface area contributed by atoms with Crippen molar-refractivity contribution in [1.82, 2.24) is 10.2 Å². The molecule has 0 aromatic heterocycles. The first-order chi connectivity index (χ1) is 12.5. The third-order valence-electron chi connectivity index (χ3n) is 4.86. The topological polar surface area (TPSA) is 58.6 Å². The van der Waals surface area contributed by atoms with Crippen LogP contribution in [-0.4, -0.2) is 55.0 Å². The molecule has 0 bridgehead atoms. The Labute approximate surface area is 160 Å². The number of carbonyl (C=O) groups is 2. The van der Waals surface area contributed by atoms with Crippen LogP contribution in [-0.2, 0) is 9.59 Å². The molecule has 1 heterocycles. The Morgan fingerprint density at radius 2 is 2.04 bits per heavy atom. The van der Waals surface area contributed by atoms with E-state index in [1.54, 1.807) is 18.9 Å². The minimum Gasteiger partial charge on any atom is -0.497 e. The molecule has 2 amide bonds. The number of ether oxygens (including phenoxy) is 1. The number of benzene rings is 1. The summed E-state index contributed by atoms with van der Waals surface area (Å²) >= 11 is 1.69. The Morgan fingerprint density at radius 1 is 1.31 bits per heavy atom. The maximum absolute atomic E-state index is 13.1. The SMILES string of the molecule is COc1ccc([C@@H]2CCCCN(C(=O)[C@@H](CCSC)NC(C)=O)C2)cc1. The third kappa shape index (κ3) is 5.94. The highest BCUT2D eigenvalue weighted by atomic mass is 32.2. The number of nitrogens with zero attached hydrogens (tertiary/aromatic N) is 1. The van der Waals surface area contributed by atoms with Gasteiger partial charge in [0.2, 0.25) is 11.8 Å². The van der Waals surface area contributed by atoms with E-state index in [4.69, 9.17) is 4.74 Å². The first-order valence-electron chi connectivity index (χ1n) is 9.24. The van der Waals surface area contributed by atoms with Gasteiger partial charge in [-0.3, -0.25) is 9.59 Å². The number of amides is 2. The summed E-state index contributed by atoms with van der Waals surface area (Å²) in [6.07, 6.45) is 5.87. The van der Waals surface area contributed by atoms with Gasteiger partial charge in [0.15, 0.2) is 0 Å². The zero-order valence-electron chi connectivity index (χ0n) is 16.0. The number of thioether (sulfide) groups is 1. The molecule has 5 nitrogen and oxygen atoms in total. The Bertz CT molecular complexity index is 591. The number of carbonyl (C=O) groups excluding carboxylic acids is 2. The maximum atomic E-state index is 13.1. The smallest absolute Gasteiger partial charge is 0.245 e. The van der Waals surface area contributed by atoms with Gasteiger partial charge in [-0.2, -0.15) is 11.8 Å². The fraction of sp³-hybridized carbons (Fsp3) is 0.600. The summed E-state index contributed by atoms with van der Waals surface area (Å²) in [5.41, 5.74) is 1.24. The van der Waals surface area contributed by atoms with Crippen molar-refractivity contribution < 1.29 is 14.3 Å². The van der Waals surface area contributed by atoms with Gasteiger partial charge in [-0.15, -0.1) is 0 Å². The van der Waals surface area contributed by atoms with Crippen LogP contribution < -0.4 is 10.1 Å². The lowest BCUT2D eigenvalue weighted by atomic mass is 9.94. The predicted molar refractivity (Wildman–Crippen MR) is 107 cm³/mol. The van der Waals surface area contributed by atoms with Crippen LogP contribution in [0.4, 0.5) is 0 Å². The number of methoxy groups -OCH3 is 1. The van der Waals surface area contributed by atoms with Crippen LogP contribution in [0.5, 0.6) is 5.75 Å². The van der Waals surface area contributed by atoms with E-state index in [0.717, 1.165) is 37.3 Å². The summed E-state index contributed by atoms with van der Waals surface area (Å²) in [5.74, 6) is 1.93. The highest BCUT2D eigenvalue weighted by molar-refractivity contribution is 7.98. The number of hydrogen-bond acceptors (Lipinski definition) is 4. The van der Waals surface area contributed by atoms with Crippen LogP contribution in [0, 0.1) is 0 Å². The molecule has 1 aromatic rings. The molecule has 144 valence electrons. The van der Waals surface area contributed by atoms with Gasteiger partial charge in [-0.05, 0) is 49.0 Å².